The first-order valence-electron chi connectivity index (χ1n) is 12.6. The molecule has 3 aromatic carbocycles. The summed E-state index contributed by atoms with van der Waals surface area (Å²) < 4.78 is 0. The van der Waals surface area contributed by atoms with E-state index < -0.39 is 0 Å². The largest absolute Gasteiger partial charge is 0.348 e. The average Bonchev–Trinajstić information content (AvgIpc) is 3.46. The van der Waals surface area contributed by atoms with Crippen LogP contribution in [0, 0.1) is 5.92 Å². The summed E-state index contributed by atoms with van der Waals surface area (Å²) in [5, 5.41) is 4.06. The van der Waals surface area contributed by atoms with Crippen molar-refractivity contribution in [3.8, 4) is 22.3 Å². The number of nitrogens with one attached hydrogen (secondary N) is 2. The Kier molecular flexibility index (Phi) is 7.79. The molecule has 1 amide bonds. The third kappa shape index (κ3) is 5.86. The first-order valence-corrected chi connectivity index (χ1v) is 13.0. The quantitative estimate of drug-likeness (QED) is 0.309. The van der Waals surface area contributed by atoms with Crippen molar-refractivity contribution in [3.63, 3.8) is 0 Å². The van der Waals surface area contributed by atoms with Gasteiger partial charge in [0.25, 0.3) is 5.91 Å². The van der Waals surface area contributed by atoms with Crippen molar-refractivity contribution in [3.05, 3.63) is 102 Å². The van der Waals surface area contributed by atoms with E-state index in [1.165, 1.54) is 5.56 Å². The minimum Gasteiger partial charge on any atom is -0.348 e. The number of imidazole rings is 1. The highest BCUT2D eigenvalue weighted by molar-refractivity contribution is 6.33. The Labute approximate surface area is 217 Å². The Morgan fingerprint density at radius 2 is 1.67 bits per heavy atom. The molecule has 0 spiro atoms. The fourth-order valence-electron chi connectivity index (χ4n) is 4.86. The van der Waals surface area contributed by atoms with Crippen molar-refractivity contribution in [1.29, 1.82) is 0 Å². The predicted octanol–water partition coefficient (Wildman–Crippen LogP) is 6.08. The molecular formula is C30H31ClN4O. The predicted molar refractivity (Wildman–Crippen MR) is 146 cm³/mol. The van der Waals surface area contributed by atoms with Gasteiger partial charge >= 0.3 is 0 Å². The summed E-state index contributed by atoms with van der Waals surface area (Å²) in [6.07, 6.45) is 6.44. The summed E-state index contributed by atoms with van der Waals surface area (Å²) in [4.78, 5) is 23.0. The van der Waals surface area contributed by atoms with Crippen LogP contribution in [0.25, 0.3) is 22.3 Å². The zero-order chi connectivity index (χ0) is 24.7. The highest BCUT2D eigenvalue weighted by Gasteiger charge is 2.23. The molecule has 5 nitrogen and oxygen atoms in total. The number of amides is 1. The van der Waals surface area contributed by atoms with E-state index >= 15 is 0 Å². The van der Waals surface area contributed by atoms with Crippen molar-refractivity contribution in [2.75, 3.05) is 26.2 Å². The molecule has 5 rings (SSSR count). The van der Waals surface area contributed by atoms with E-state index in [9.17, 15) is 4.79 Å². The smallest absolute Gasteiger partial charge is 0.253 e. The van der Waals surface area contributed by atoms with Crippen molar-refractivity contribution < 1.29 is 4.79 Å². The number of halogens is 1. The highest BCUT2D eigenvalue weighted by atomic mass is 35.5. The van der Waals surface area contributed by atoms with Gasteiger partial charge in [0.1, 0.15) is 0 Å². The van der Waals surface area contributed by atoms with Gasteiger partial charge in [0.05, 0.1) is 6.33 Å². The molecule has 1 aliphatic rings. The Balaban J connectivity index is 1.38. The number of carbonyl (C=O) groups is 1. The maximum absolute atomic E-state index is 13.8. The second kappa shape index (κ2) is 11.5. The van der Waals surface area contributed by atoms with Crippen LogP contribution in [-0.2, 0) is 6.42 Å². The zero-order valence-corrected chi connectivity index (χ0v) is 21.0. The molecule has 184 valence electrons. The number of H-pyrrole nitrogens is 1. The Morgan fingerprint density at radius 3 is 2.39 bits per heavy atom. The molecule has 0 unspecified atom stereocenters. The number of aromatic amines is 1. The van der Waals surface area contributed by atoms with Gasteiger partial charge in [-0.25, -0.2) is 4.98 Å². The topological polar surface area (TPSA) is 61.0 Å². The van der Waals surface area contributed by atoms with Gasteiger partial charge in [-0.2, -0.15) is 0 Å². The highest BCUT2D eigenvalue weighted by Crippen LogP contribution is 2.31. The maximum atomic E-state index is 13.8. The van der Waals surface area contributed by atoms with E-state index in [0.29, 0.717) is 23.0 Å². The van der Waals surface area contributed by atoms with Gasteiger partial charge in [0.15, 0.2) is 0 Å². The van der Waals surface area contributed by atoms with Gasteiger partial charge in [0, 0.05) is 47.6 Å². The van der Waals surface area contributed by atoms with E-state index in [-0.39, 0.29) is 5.91 Å². The van der Waals surface area contributed by atoms with Crippen molar-refractivity contribution in [2.24, 2.45) is 5.92 Å². The SMILES string of the molecule is O=C(c1ccc(Cl)c(-c2ccc(-c3ccccc3)cc2)c1)N(CCc1cnc[nH]1)CC1CCNCC1. The molecule has 0 radical (unpaired) electrons. The lowest BCUT2D eigenvalue weighted by Gasteiger charge is -2.30. The van der Waals surface area contributed by atoms with Crippen LogP contribution in [0.5, 0.6) is 0 Å². The molecule has 0 bridgehead atoms. The fourth-order valence-corrected chi connectivity index (χ4v) is 5.09. The Hall–Kier alpha value is -3.41. The number of hydrogen-bond donors (Lipinski definition) is 2. The monoisotopic (exact) mass is 498 g/mol. The number of rotatable bonds is 8. The third-order valence-electron chi connectivity index (χ3n) is 6.95. The van der Waals surface area contributed by atoms with Gasteiger partial charge in [-0.15, -0.1) is 0 Å². The lowest BCUT2D eigenvalue weighted by molar-refractivity contribution is 0.0718. The van der Waals surface area contributed by atoms with Gasteiger partial charge < -0.3 is 15.2 Å². The van der Waals surface area contributed by atoms with Crippen LogP contribution in [0.3, 0.4) is 0 Å². The van der Waals surface area contributed by atoms with Crippen LogP contribution in [0.1, 0.15) is 28.9 Å². The van der Waals surface area contributed by atoms with Crippen LogP contribution in [0.2, 0.25) is 5.02 Å². The molecular weight excluding hydrogens is 468 g/mol. The van der Waals surface area contributed by atoms with Crippen LogP contribution in [0.15, 0.2) is 85.3 Å². The van der Waals surface area contributed by atoms with E-state index in [1.54, 1.807) is 6.33 Å². The van der Waals surface area contributed by atoms with E-state index in [1.807, 2.05) is 47.5 Å². The van der Waals surface area contributed by atoms with E-state index in [2.05, 4.69) is 51.7 Å². The average molecular weight is 499 g/mol. The lowest BCUT2D eigenvalue weighted by Crippen LogP contribution is -2.40. The molecule has 6 heteroatoms. The van der Waals surface area contributed by atoms with E-state index in [0.717, 1.165) is 61.3 Å². The van der Waals surface area contributed by atoms with Crippen LogP contribution < -0.4 is 5.32 Å². The number of nitrogens with zero attached hydrogens (tertiary/aromatic N) is 2. The number of aromatic nitrogens is 2. The number of hydrogen-bond acceptors (Lipinski definition) is 3. The van der Waals surface area contributed by atoms with Crippen molar-refractivity contribution >= 4 is 17.5 Å². The standard InChI is InChI=1S/C30H31ClN4O/c31-29-11-10-26(18-28(29)25-8-6-24(7-9-25)23-4-2-1-3-5-23)30(36)35(17-14-27-19-33-21-34-27)20-22-12-15-32-16-13-22/h1-11,18-19,21-22,32H,12-17,20H2,(H,33,34). The second-order valence-electron chi connectivity index (χ2n) is 9.41. The lowest BCUT2D eigenvalue weighted by atomic mass is 9.96. The third-order valence-corrected chi connectivity index (χ3v) is 7.28. The Bertz CT molecular complexity index is 1270. The summed E-state index contributed by atoms with van der Waals surface area (Å²) in [5.74, 6) is 0.557. The molecule has 0 atom stereocenters. The molecule has 0 saturated carbocycles. The number of carbonyl (C=O) groups excluding carboxylic acids is 1. The molecule has 1 fully saturated rings. The summed E-state index contributed by atoms with van der Waals surface area (Å²) >= 11 is 6.61. The number of benzene rings is 3. The van der Waals surface area contributed by atoms with E-state index in [4.69, 9.17) is 11.6 Å². The first kappa shape index (κ1) is 24.3. The molecule has 0 aliphatic carbocycles. The van der Waals surface area contributed by atoms with Crippen LogP contribution in [-0.4, -0.2) is 47.0 Å². The number of piperidine rings is 1. The first-order chi connectivity index (χ1) is 17.7. The second-order valence-corrected chi connectivity index (χ2v) is 9.82. The van der Waals surface area contributed by atoms with Gasteiger partial charge in [0.2, 0.25) is 0 Å². The molecule has 2 heterocycles. The summed E-state index contributed by atoms with van der Waals surface area (Å²) in [5.41, 5.74) is 5.89. The molecule has 1 aromatic heterocycles. The van der Waals surface area contributed by atoms with Crippen molar-refractivity contribution in [1.82, 2.24) is 20.2 Å². The minimum atomic E-state index is 0.0480. The normalized spacial score (nSPS) is 14.0. The summed E-state index contributed by atoms with van der Waals surface area (Å²) in [6.45, 7) is 3.43. The molecule has 36 heavy (non-hydrogen) atoms. The molecule has 1 saturated heterocycles. The van der Waals surface area contributed by atoms with Crippen molar-refractivity contribution in [2.45, 2.75) is 19.3 Å². The molecule has 2 N–H and O–H groups in total. The summed E-state index contributed by atoms with van der Waals surface area (Å²) in [7, 11) is 0. The zero-order valence-electron chi connectivity index (χ0n) is 20.3. The van der Waals surface area contributed by atoms with Gasteiger partial charge in [-0.3, -0.25) is 4.79 Å². The fraction of sp³-hybridized carbons (Fsp3) is 0.267. The maximum Gasteiger partial charge on any atom is 0.253 e. The Morgan fingerprint density at radius 1 is 0.944 bits per heavy atom. The van der Waals surface area contributed by atoms with Gasteiger partial charge in [-0.1, -0.05) is 66.2 Å². The molecule has 4 aromatic rings. The van der Waals surface area contributed by atoms with Crippen LogP contribution >= 0.6 is 11.6 Å². The van der Waals surface area contributed by atoms with Gasteiger partial charge in [-0.05, 0) is 66.7 Å². The molecule has 1 aliphatic heterocycles. The summed E-state index contributed by atoms with van der Waals surface area (Å²) in [6, 6.07) is 24.3. The minimum absolute atomic E-state index is 0.0480. The van der Waals surface area contributed by atoms with Crippen LogP contribution in [0.4, 0.5) is 0 Å².